The van der Waals surface area contributed by atoms with Crippen LogP contribution in [0, 0.1) is 6.92 Å². The summed E-state index contributed by atoms with van der Waals surface area (Å²) in [5.74, 6) is 0. The van der Waals surface area contributed by atoms with E-state index in [-0.39, 0.29) is 0 Å². The van der Waals surface area contributed by atoms with Crippen LogP contribution < -0.4 is 0 Å². The number of para-hydroxylation sites is 2. The van der Waals surface area contributed by atoms with Crippen molar-refractivity contribution in [1.82, 2.24) is 4.57 Å². The van der Waals surface area contributed by atoms with Crippen LogP contribution in [0.15, 0.2) is 121 Å². The minimum atomic E-state index is 1.18. The van der Waals surface area contributed by atoms with Gasteiger partial charge in [-0.25, -0.2) is 0 Å². The van der Waals surface area contributed by atoms with Crippen molar-refractivity contribution in [1.29, 1.82) is 0 Å². The van der Waals surface area contributed by atoms with E-state index in [2.05, 4.69) is 133 Å². The van der Waals surface area contributed by atoms with Gasteiger partial charge < -0.3 is 4.57 Å². The first-order valence-electron chi connectivity index (χ1n) is 11.0. The predicted octanol–water partition coefficient (Wildman–Crippen LogP) is 8.43. The average Bonchev–Trinajstić information content (AvgIpc) is 3.19. The fraction of sp³-hybridized carbons (Fsp3) is 0.0323. The van der Waals surface area contributed by atoms with Crippen LogP contribution in [-0.4, -0.2) is 4.57 Å². The van der Waals surface area contributed by atoms with Gasteiger partial charge in [0.15, 0.2) is 0 Å². The lowest BCUT2D eigenvalue weighted by Gasteiger charge is -2.12. The molecule has 0 saturated carbocycles. The Bertz CT molecular complexity index is 1550. The molecule has 0 radical (unpaired) electrons. The molecule has 6 rings (SSSR count). The molecule has 0 spiro atoms. The first kappa shape index (κ1) is 18.7. The van der Waals surface area contributed by atoms with Crippen LogP contribution in [0.25, 0.3) is 49.7 Å². The lowest BCUT2D eigenvalue weighted by Crippen LogP contribution is -1.93. The maximum atomic E-state index is 2.38. The van der Waals surface area contributed by atoms with Gasteiger partial charge in [0.25, 0.3) is 0 Å². The van der Waals surface area contributed by atoms with E-state index in [1.807, 2.05) is 0 Å². The van der Waals surface area contributed by atoms with E-state index < -0.39 is 0 Å². The Morgan fingerprint density at radius 1 is 0.469 bits per heavy atom. The number of benzene rings is 5. The molecular weight excluding hydrogens is 386 g/mol. The third-order valence-corrected chi connectivity index (χ3v) is 6.29. The third kappa shape index (κ3) is 3.02. The van der Waals surface area contributed by atoms with E-state index in [1.165, 1.54) is 55.3 Å². The zero-order valence-corrected chi connectivity index (χ0v) is 18.0. The summed E-state index contributed by atoms with van der Waals surface area (Å²) < 4.78 is 2.38. The number of aromatic nitrogens is 1. The molecule has 0 fully saturated rings. The van der Waals surface area contributed by atoms with E-state index >= 15 is 0 Å². The molecule has 6 aromatic rings. The lowest BCUT2D eigenvalue weighted by molar-refractivity contribution is 1.18. The Hall–Kier alpha value is -4.10. The summed E-state index contributed by atoms with van der Waals surface area (Å²) in [6.07, 6.45) is 0. The second kappa shape index (κ2) is 7.55. The smallest absolute Gasteiger partial charge is 0.0547 e. The molecule has 1 heterocycles. The number of hydrogen-bond acceptors (Lipinski definition) is 0. The molecule has 152 valence electrons. The molecule has 0 bridgehead atoms. The molecule has 0 unspecified atom stereocenters. The van der Waals surface area contributed by atoms with Crippen LogP contribution in [0.1, 0.15) is 5.56 Å². The van der Waals surface area contributed by atoms with Gasteiger partial charge >= 0.3 is 0 Å². The van der Waals surface area contributed by atoms with Crippen molar-refractivity contribution in [3.63, 3.8) is 0 Å². The van der Waals surface area contributed by atoms with Crippen molar-refractivity contribution in [2.24, 2.45) is 0 Å². The van der Waals surface area contributed by atoms with Crippen molar-refractivity contribution in [2.75, 3.05) is 0 Å². The Balaban J connectivity index is 1.62. The molecule has 0 atom stereocenters. The molecule has 32 heavy (non-hydrogen) atoms. The zero-order chi connectivity index (χ0) is 21.5. The van der Waals surface area contributed by atoms with E-state index in [0.29, 0.717) is 0 Å². The summed E-state index contributed by atoms with van der Waals surface area (Å²) in [4.78, 5) is 0. The first-order valence-corrected chi connectivity index (χ1v) is 11.0. The molecule has 0 amide bonds. The Kier molecular flexibility index (Phi) is 4.40. The third-order valence-electron chi connectivity index (χ3n) is 6.29. The largest absolute Gasteiger partial charge is 0.309 e. The van der Waals surface area contributed by atoms with E-state index in [9.17, 15) is 0 Å². The van der Waals surface area contributed by atoms with Crippen molar-refractivity contribution in [3.8, 4) is 27.9 Å². The monoisotopic (exact) mass is 409 g/mol. The summed E-state index contributed by atoms with van der Waals surface area (Å²) in [5.41, 5.74) is 9.91. The molecule has 1 aromatic heterocycles. The topological polar surface area (TPSA) is 4.93 Å². The molecule has 5 aromatic carbocycles. The minimum absolute atomic E-state index is 1.18. The van der Waals surface area contributed by atoms with Crippen LogP contribution >= 0.6 is 0 Å². The maximum absolute atomic E-state index is 2.38. The van der Waals surface area contributed by atoms with Gasteiger partial charge in [-0.15, -0.1) is 0 Å². The average molecular weight is 410 g/mol. The van der Waals surface area contributed by atoms with Crippen LogP contribution in [0.5, 0.6) is 0 Å². The molecular formula is C31H23N. The predicted molar refractivity (Wildman–Crippen MR) is 136 cm³/mol. The number of rotatable bonds is 3. The fourth-order valence-electron chi connectivity index (χ4n) is 4.71. The number of fused-ring (bicyclic) bond motifs is 3. The van der Waals surface area contributed by atoms with E-state index in [1.54, 1.807) is 0 Å². The first-order chi connectivity index (χ1) is 15.8. The Labute approximate surface area is 188 Å². The van der Waals surface area contributed by atoms with Crippen LogP contribution in [0.3, 0.4) is 0 Å². The van der Waals surface area contributed by atoms with Gasteiger partial charge in [0.2, 0.25) is 0 Å². The van der Waals surface area contributed by atoms with Gasteiger partial charge in [0.1, 0.15) is 0 Å². The summed E-state index contributed by atoms with van der Waals surface area (Å²) in [6, 6.07) is 43.7. The second-order valence-electron chi connectivity index (χ2n) is 8.33. The molecule has 0 aliphatic carbocycles. The van der Waals surface area contributed by atoms with Gasteiger partial charge in [-0.2, -0.15) is 0 Å². The van der Waals surface area contributed by atoms with Crippen LogP contribution in [0.2, 0.25) is 0 Å². The number of aryl methyl sites for hydroxylation is 1. The maximum Gasteiger partial charge on any atom is 0.0547 e. The lowest BCUT2D eigenvalue weighted by atomic mass is 9.93. The van der Waals surface area contributed by atoms with Gasteiger partial charge in [0, 0.05) is 16.5 Å². The molecule has 0 aliphatic rings. The highest BCUT2D eigenvalue weighted by atomic mass is 15.0. The molecule has 1 heteroatoms. The SMILES string of the molecule is Cc1ccc(-c2ccccc2-c2ccc3c4ccccc4n(-c4ccccc4)c3c2)cc1. The summed E-state index contributed by atoms with van der Waals surface area (Å²) >= 11 is 0. The standard InChI is InChI=1S/C31H23N/c1-22-15-17-23(18-16-22)26-11-5-6-12-27(26)24-19-20-29-28-13-7-8-14-30(28)32(31(29)21-24)25-9-3-2-4-10-25/h2-21H,1H3. The molecule has 0 aliphatic heterocycles. The Morgan fingerprint density at radius 2 is 1.06 bits per heavy atom. The van der Waals surface area contributed by atoms with Gasteiger partial charge in [0.05, 0.1) is 11.0 Å². The van der Waals surface area contributed by atoms with Gasteiger partial charge in [-0.3, -0.25) is 0 Å². The summed E-state index contributed by atoms with van der Waals surface area (Å²) in [7, 11) is 0. The quantitative estimate of drug-likeness (QED) is 0.276. The minimum Gasteiger partial charge on any atom is -0.309 e. The highest BCUT2D eigenvalue weighted by Gasteiger charge is 2.14. The van der Waals surface area contributed by atoms with Crippen LogP contribution in [-0.2, 0) is 0 Å². The van der Waals surface area contributed by atoms with Crippen LogP contribution in [0.4, 0.5) is 0 Å². The van der Waals surface area contributed by atoms with Gasteiger partial charge in [-0.1, -0.05) is 103 Å². The number of nitrogens with zero attached hydrogens (tertiary/aromatic N) is 1. The van der Waals surface area contributed by atoms with E-state index in [0.717, 1.165) is 0 Å². The molecule has 1 nitrogen and oxygen atoms in total. The van der Waals surface area contributed by atoms with Crippen molar-refractivity contribution < 1.29 is 0 Å². The molecule has 0 N–H and O–H groups in total. The fourth-order valence-corrected chi connectivity index (χ4v) is 4.71. The highest BCUT2D eigenvalue weighted by molar-refractivity contribution is 6.10. The van der Waals surface area contributed by atoms with Crippen molar-refractivity contribution >= 4 is 21.8 Å². The summed E-state index contributed by atoms with van der Waals surface area (Å²) in [5, 5.41) is 2.56. The number of hydrogen-bond donors (Lipinski definition) is 0. The van der Waals surface area contributed by atoms with Gasteiger partial charge in [-0.05, 0) is 53.4 Å². The Morgan fingerprint density at radius 3 is 1.84 bits per heavy atom. The van der Waals surface area contributed by atoms with E-state index in [4.69, 9.17) is 0 Å². The summed E-state index contributed by atoms with van der Waals surface area (Å²) in [6.45, 7) is 2.13. The molecule has 0 saturated heterocycles. The highest BCUT2D eigenvalue weighted by Crippen LogP contribution is 2.37. The van der Waals surface area contributed by atoms with Crippen molar-refractivity contribution in [3.05, 3.63) is 127 Å². The van der Waals surface area contributed by atoms with Crippen molar-refractivity contribution in [2.45, 2.75) is 6.92 Å². The zero-order valence-electron chi connectivity index (χ0n) is 18.0. The normalized spacial score (nSPS) is 11.3. The second-order valence-corrected chi connectivity index (χ2v) is 8.33.